The van der Waals surface area contributed by atoms with Crippen LogP contribution in [0, 0.1) is 5.92 Å². The molecule has 2 atom stereocenters. The first-order valence-electron chi connectivity index (χ1n) is 5.94. The third-order valence-corrected chi connectivity index (χ3v) is 5.78. The van der Waals surface area contributed by atoms with Crippen molar-refractivity contribution in [1.29, 1.82) is 0 Å². The van der Waals surface area contributed by atoms with Crippen LogP contribution in [0.4, 0.5) is 0 Å². The molecule has 0 N–H and O–H groups in total. The van der Waals surface area contributed by atoms with Gasteiger partial charge in [-0.3, -0.25) is 0 Å². The van der Waals surface area contributed by atoms with Gasteiger partial charge in [-0.15, -0.1) is 0 Å². The molecule has 0 radical (unpaired) electrons. The van der Waals surface area contributed by atoms with Crippen LogP contribution in [-0.4, -0.2) is 25.6 Å². The Hall–Kier alpha value is -0.591. The third-order valence-electron chi connectivity index (χ3n) is 3.13. The fourth-order valence-electron chi connectivity index (χ4n) is 1.87. The molecule has 0 spiro atoms. The van der Waals surface area contributed by atoms with E-state index in [2.05, 4.69) is 51.1 Å². The maximum absolute atomic E-state index is 4.91. The predicted molar refractivity (Wildman–Crippen MR) is 71.5 cm³/mol. The van der Waals surface area contributed by atoms with Gasteiger partial charge < -0.3 is 0 Å². The van der Waals surface area contributed by atoms with E-state index in [1.807, 2.05) is 0 Å². The van der Waals surface area contributed by atoms with Crippen molar-refractivity contribution in [3.63, 3.8) is 0 Å². The topological polar surface area (TPSA) is 12.4 Å². The molecule has 1 aromatic rings. The fraction of sp³-hybridized carbons (Fsp3) is 0.500. The van der Waals surface area contributed by atoms with Crippen molar-refractivity contribution >= 4 is 19.6 Å². The summed E-state index contributed by atoms with van der Waals surface area (Å²) in [6.07, 6.45) is 0. The number of hydrogen-bond donors (Lipinski definition) is 0. The van der Waals surface area contributed by atoms with Crippen LogP contribution in [-0.2, 0) is 0 Å². The van der Waals surface area contributed by atoms with E-state index in [1.54, 1.807) is 0 Å². The molecule has 1 nitrogen and oxygen atoms in total. The Balaban J connectivity index is 2.12. The Labute approximate surface area is 105 Å². The van der Waals surface area contributed by atoms with Gasteiger partial charge in [-0.1, -0.05) is 0 Å². The van der Waals surface area contributed by atoms with Gasteiger partial charge in [0.25, 0.3) is 0 Å². The Morgan fingerprint density at radius 2 is 1.88 bits per heavy atom. The molecule has 1 aromatic carbocycles. The monoisotopic (exact) mass is 281 g/mol. The average Bonchev–Trinajstić information content (AvgIpc) is 2.78. The van der Waals surface area contributed by atoms with Crippen LogP contribution < -0.4 is 0 Å². The second-order valence-corrected chi connectivity index (χ2v) is 6.90. The molecular weight excluding hydrogens is 261 g/mol. The Morgan fingerprint density at radius 1 is 1.19 bits per heavy atom. The number of hydrogen-bond acceptors (Lipinski definition) is 1. The molecule has 1 heterocycles. The molecule has 16 heavy (non-hydrogen) atoms. The summed E-state index contributed by atoms with van der Waals surface area (Å²) in [6.45, 7) is 6.85. The van der Waals surface area contributed by atoms with Gasteiger partial charge in [-0.05, 0) is 0 Å². The van der Waals surface area contributed by atoms with Crippen molar-refractivity contribution in [2.75, 3.05) is 0 Å². The van der Waals surface area contributed by atoms with Gasteiger partial charge in [0.2, 0.25) is 0 Å². The van der Waals surface area contributed by atoms with Crippen molar-refractivity contribution in [3.8, 4) is 0 Å². The molecular formula is C14H19NSe. The van der Waals surface area contributed by atoms with Gasteiger partial charge in [0.15, 0.2) is 0 Å². The van der Waals surface area contributed by atoms with Gasteiger partial charge in [-0.25, -0.2) is 0 Å². The van der Waals surface area contributed by atoms with Crippen molar-refractivity contribution in [2.45, 2.75) is 38.1 Å². The Morgan fingerprint density at radius 3 is 2.44 bits per heavy atom. The SMILES string of the molecule is CC(C1=N[C@@H](C(C)C)C[Se]1)c1ccccc1. The summed E-state index contributed by atoms with van der Waals surface area (Å²) in [5.41, 5.74) is 1.41. The van der Waals surface area contributed by atoms with E-state index in [1.165, 1.54) is 15.5 Å². The van der Waals surface area contributed by atoms with E-state index in [-0.39, 0.29) is 0 Å². The number of aliphatic imine (C=N–C) groups is 1. The quantitative estimate of drug-likeness (QED) is 0.753. The van der Waals surface area contributed by atoms with Gasteiger partial charge in [0.05, 0.1) is 0 Å². The van der Waals surface area contributed by atoms with Crippen molar-refractivity contribution in [3.05, 3.63) is 35.9 Å². The number of nitrogens with zero attached hydrogens (tertiary/aromatic N) is 1. The average molecular weight is 280 g/mol. The number of rotatable bonds is 3. The minimum atomic E-state index is 0.518. The van der Waals surface area contributed by atoms with Gasteiger partial charge in [0.1, 0.15) is 0 Å². The van der Waals surface area contributed by atoms with Gasteiger partial charge >= 0.3 is 104 Å². The molecule has 0 fully saturated rings. The second kappa shape index (κ2) is 5.16. The second-order valence-electron chi connectivity index (χ2n) is 4.72. The van der Waals surface area contributed by atoms with E-state index in [9.17, 15) is 0 Å². The summed E-state index contributed by atoms with van der Waals surface area (Å²) in [7, 11) is 0. The molecule has 0 saturated carbocycles. The normalized spacial score (nSPS) is 22.2. The molecule has 2 heteroatoms. The van der Waals surface area contributed by atoms with Crippen molar-refractivity contribution in [1.82, 2.24) is 0 Å². The molecule has 86 valence electrons. The molecule has 1 aliphatic heterocycles. The van der Waals surface area contributed by atoms with Crippen LogP contribution in [0.25, 0.3) is 0 Å². The Kier molecular flexibility index (Phi) is 3.83. The van der Waals surface area contributed by atoms with Crippen LogP contribution >= 0.6 is 0 Å². The summed E-state index contributed by atoms with van der Waals surface area (Å²) >= 11 is 0.615. The summed E-state index contributed by atoms with van der Waals surface area (Å²) in [5.74, 6) is 1.22. The standard InChI is InChI=1S/C14H19NSe/c1-10(2)13-9-16-14(15-13)11(3)12-7-5-4-6-8-12/h4-8,10-11,13H,9H2,1-3H3/t11?,13-/m1/s1. The summed E-state index contributed by atoms with van der Waals surface area (Å²) in [6, 6.07) is 11.3. The molecule has 0 saturated heterocycles. The first-order chi connectivity index (χ1) is 7.68. The molecule has 2 rings (SSSR count). The first-order valence-corrected chi connectivity index (χ1v) is 8.00. The number of benzene rings is 1. The zero-order chi connectivity index (χ0) is 11.5. The Bertz CT molecular complexity index is 370. The fourth-order valence-corrected chi connectivity index (χ4v) is 4.80. The van der Waals surface area contributed by atoms with Gasteiger partial charge in [0, 0.05) is 0 Å². The van der Waals surface area contributed by atoms with Crippen molar-refractivity contribution < 1.29 is 0 Å². The maximum atomic E-state index is 4.91. The van der Waals surface area contributed by atoms with Crippen LogP contribution in [0.5, 0.6) is 0 Å². The van der Waals surface area contributed by atoms with Crippen LogP contribution in [0.3, 0.4) is 0 Å². The zero-order valence-corrected chi connectivity index (χ0v) is 11.9. The molecule has 1 aliphatic rings. The van der Waals surface area contributed by atoms with Crippen LogP contribution in [0.15, 0.2) is 35.3 Å². The molecule has 1 unspecified atom stereocenters. The van der Waals surface area contributed by atoms with E-state index in [0.29, 0.717) is 32.8 Å². The minimum absolute atomic E-state index is 0.518. The third kappa shape index (κ3) is 2.56. The summed E-state index contributed by atoms with van der Waals surface area (Å²) < 4.78 is 1.46. The van der Waals surface area contributed by atoms with E-state index in [4.69, 9.17) is 4.99 Å². The van der Waals surface area contributed by atoms with Crippen molar-refractivity contribution in [2.24, 2.45) is 10.9 Å². The van der Waals surface area contributed by atoms with Gasteiger partial charge in [-0.2, -0.15) is 0 Å². The predicted octanol–water partition coefficient (Wildman–Crippen LogP) is 3.35. The van der Waals surface area contributed by atoms with E-state index in [0.717, 1.165) is 0 Å². The zero-order valence-electron chi connectivity index (χ0n) is 10.2. The summed E-state index contributed by atoms with van der Waals surface area (Å²) in [4.78, 5) is 4.91. The van der Waals surface area contributed by atoms with E-state index < -0.39 is 0 Å². The molecule has 0 aliphatic carbocycles. The molecule has 0 aromatic heterocycles. The van der Waals surface area contributed by atoms with Crippen LogP contribution in [0.1, 0.15) is 32.3 Å². The molecule has 0 bridgehead atoms. The van der Waals surface area contributed by atoms with E-state index >= 15 is 0 Å². The molecule has 0 amide bonds. The summed E-state index contributed by atoms with van der Waals surface area (Å²) in [5, 5.41) is 1.30. The first kappa shape index (κ1) is 11.9. The van der Waals surface area contributed by atoms with Crippen LogP contribution in [0.2, 0.25) is 5.32 Å².